The summed E-state index contributed by atoms with van der Waals surface area (Å²) in [6.07, 6.45) is -0.0336. The minimum atomic E-state index is -3.94. The molecule has 0 saturated carbocycles. The number of esters is 1. The van der Waals surface area contributed by atoms with E-state index in [9.17, 15) is 17.6 Å². The number of anilines is 1. The van der Waals surface area contributed by atoms with Gasteiger partial charge in [-0.25, -0.2) is 12.8 Å². The number of nitrogens with one attached hydrogen (secondary N) is 1. The summed E-state index contributed by atoms with van der Waals surface area (Å²) in [6, 6.07) is 5.10. The van der Waals surface area contributed by atoms with Gasteiger partial charge >= 0.3 is 5.97 Å². The van der Waals surface area contributed by atoms with Crippen LogP contribution in [0.25, 0.3) is 0 Å². The number of sulfonamides is 1. The van der Waals surface area contributed by atoms with Crippen LogP contribution < -0.4 is 4.72 Å². The lowest BCUT2D eigenvalue weighted by atomic mass is 10.2. The number of halogens is 1. The molecule has 0 spiro atoms. The van der Waals surface area contributed by atoms with Gasteiger partial charge in [0.2, 0.25) is 0 Å². The molecule has 0 aliphatic carbocycles. The van der Waals surface area contributed by atoms with E-state index in [0.29, 0.717) is 16.1 Å². The van der Waals surface area contributed by atoms with E-state index in [1.165, 1.54) is 30.6 Å². The second-order valence-electron chi connectivity index (χ2n) is 4.53. The molecule has 0 radical (unpaired) electrons. The third kappa shape index (κ3) is 3.63. The van der Waals surface area contributed by atoms with Crippen LogP contribution in [0.3, 0.4) is 0 Å². The molecule has 0 aliphatic heterocycles. The average molecular weight is 343 g/mol. The summed E-state index contributed by atoms with van der Waals surface area (Å²) in [7, 11) is -2.68. The monoisotopic (exact) mass is 343 g/mol. The molecule has 0 atom stereocenters. The number of benzene rings is 1. The standard InChI is InChI=1S/C14H14FNO4S2/c1-9-3-4-10(15)7-13(9)22(18,19)16-11-5-6-21-12(11)8-14(17)20-2/h3-7,16H,8H2,1-2H3. The Balaban J connectivity index is 2.32. The molecule has 22 heavy (non-hydrogen) atoms. The Hall–Kier alpha value is -1.93. The van der Waals surface area contributed by atoms with Crippen molar-refractivity contribution in [1.82, 2.24) is 0 Å². The van der Waals surface area contributed by atoms with Gasteiger partial charge in [0.15, 0.2) is 0 Å². The molecule has 0 fully saturated rings. The van der Waals surface area contributed by atoms with E-state index >= 15 is 0 Å². The van der Waals surface area contributed by atoms with Crippen LogP contribution in [0.4, 0.5) is 10.1 Å². The molecule has 0 aliphatic rings. The maximum Gasteiger partial charge on any atom is 0.310 e. The Bertz CT molecular complexity index is 799. The van der Waals surface area contributed by atoms with Gasteiger partial charge in [0.1, 0.15) is 5.82 Å². The molecule has 1 aromatic carbocycles. The van der Waals surface area contributed by atoms with Gasteiger partial charge in [-0.15, -0.1) is 11.3 Å². The van der Waals surface area contributed by atoms with E-state index in [2.05, 4.69) is 9.46 Å². The maximum atomic E-state index is 13.3. The lowest BCUT2D eigenvalue weighted by molar-refractivity contribution is -0.139. The summed E-state index contributed by atoms with van der Waals surface area (Å²) >= 11 is 1.23. The Morgan fingerprint density at radius 2 is 2.09 bits per heavy atom. The van der Waals surface area contributed by atoms with Crippen LogP contribution in [0.1, 0.15) is 10.4 Å². The van der Waals surface area contributed by atoms with E-state index in [-0.39, 0.29) is 11.3 Å². The van der Waals surface area contributed by atoms with Crippen LogP contribution in [0.2, 0.25) is 0 Å². The SMILES string of the molecule is COC(=O)Cc1sccc1NS(=O)(=O)c1cc(F)ccc1C. The number of hydrogen-bond donors (Lipinski definition) is 1. The number of methoxy groups -OCH3 is 1. The van der Waals surface area contributed by atoms with E-state index in [1.54, 1.807) is 18.4 Å². The smallest absolute Gasteiger partial charge is 0.310 e. The first-order valence-corrected chi connectivity index (χ1v) is 8.62. The van der Waals surface area contributed by atoms with Crippen LogP contribution in [-0.2, 0) is 26.0 Å². The number of carbonyl (C=O) groups is 1. The zero-order valence-corrected chi connectivity index (χ0v) is 13.6. The normalized spacial score (nSPS) is 11.2. The molecule has 0 unspecified atom stereocenters. The van der Waals surface area contributed by atoms with Crippen molar-refractivity contribution in [3.63, 3.8) is 0 Å². The zero-order valence-electron chi connectivity index (χ0n) is 11.9. The Morgan fingerprint density at radius 3 is 2.77 bits per heavy atom. The van der Waals surface area contributed by atoms with Crippen molar-refractivity contribution in [3.8, 4) is 0 Å². The van der Waals surface area contributed by atoms with Crippen LogP contribution in [0, 0.1) is 12.7 Å². The molecular weight excluding hydrogens is 329 g/mol. The molecule has 0 amide bonds. The van der Waals surface area contributed by atoms with Crippen LogP contribution in [0.5, 0.6) is 0 Å². The predicted molar refractivity (Wildman–Crippen MR) is 82.0 cm³/mol. The number of rotatable bonds is 5. The van der Waals surface area contributed by atoms with E-state index < -0.39 is 21.8 Å². The average Bonchev–Trinajstić information content (AvgIpc) is 2.87. The zero-order chi connectivity index (χ0) is 16.3. The molecule has 1 aromatic heterocycles. The van der Waals surface area contributed by atoms with Crippen molar-refractivity contribution in [2.45, 2.75) is 18.2 Å². The molecular formula is C14H14FNO4S2. The summed E-state index contributed by atoms with van der Waals surface area (Å²) in [5.74, 6) is -1.10. The van der Waals surface area contributed by atoms with Gasteiger partial charge in [-0.2, -0.15) is 0 Å². The fraction of sp³-hybridized carbons (Fsp3) is 0.214. The van der Waals surface area contributed by atoms with Crippen molar-refractivity contribution in [2.75, 3.05) is 11.8 Å². The first kappa shape index (κ1) is 16.4. The Labute approximate surface area is 131 Å². The van der Waals surface area contributed by atoms with Crippen molar-refractivity contribution < 1.29 is 22.3 Å². The predicted octanol–water partition coefficient (Wildman–Crippen LogP) is 2.71. The number of ether oxygens (including phenoxy) is 1. The van der Waals surface area contributed by atoms with Gasteiger partial charge in [0.25, 0.3) is 10.0 Å². The van der Waals surface area contributed by atoms with Crippen LogP contribution in [-0.4, -0.2) is 21.5 Å². The molecule has 8 heteroatoms. The van der Waals surface area contributed by atoms with Crippen molar-refractivity contribution in [2.24, 2.45) is 0 Å². The van der Waals surface area contributed by atoms with Crippen LogP contribution >= 0.6 is 11.3 Å². The van der Waals surface area contributed by atoms with Gasteiger partial charge in [-0.3, -0.25) is 9.52 Å². The molecule has 1 heterocycles. The van der Waals surface area contributed by atoms with Gasteiger partial charge in [-0.1, -0.05) is 6.07 Å². The highest BCUT2D eigenvalue weighted by Gasteiger charge is 2.20. The summed E-state index contributed by atoms with van der Waals surface area (Å²) in [6.45, 7) is 1.58. The van der Waals surface area contributed by atoms with Gasteiger partial charge in [-0.05, 0) is 36.1 Å². The molecule has 2 rings (SSSR count). The summed E-state index contributed by atoms with van der Waals surface area (Å²) in [5, 5.41) is 1.66. The molecule has 5 nitrogen and oxygen atoms in total. The molecule has 0 saturated heterocycles. The summed E-state index contributed by atoms with van der Waals surface area (Å²) in [5.41, 5.74) is 0.720. The van der Waals surface area contributed by atoms with Gasteiger partial charge < -0.3 is 4.74 Å². The number of hydrogen-bond acceptors (Lipinski definition) is 5. The second-order valence-corrected chi connectivity index (χ2v) is 7.18. The number of thiophene rings is 1. The van der Waals surface area contributed by atoms with E-state index in [0.717, 1.165) is 6.07 Å². The van der Waals surface area contributed by atoms with E-state index in [4.69, 9.17) is 0 Å². The number of carbonyl (C=O) groups excluding carboxylic acids is 1. The fourth-order valence-corrected chi connectivity index (χ4v) is 4.07. The first-order valence-electron chi connectivity index (χ1n) is 6.25. The van der Waals surface area contributed by atoms with Gasteiger partial charge in [0, 0.05) is 4.88 Å². The van der Waals surface area contributed by atoms with Crippen molar-refractivity contribution in [3.05, 3.63) is 45.9 Å². The maximum absolute atomic E-state index is 13.3. The second kappa shape index (κ2) is 6.45. The topological polar surface area (TPSA) is 72.5 Å². The third-order valence-electron chi connectivity index (χ3n) is 2.96. The minimum Gasteiger partial charge on any atom is -0.469 e. The van der Waals surface area contributed by atoms with Crippen molar-refractivity contribution in [1.29, 1.82) is 0 Å². The lowest BCUT2D eigenvalue weighted by Gasteiger charge is -2.11. The van der Waals surface area contributed by atoms with Crippen LogP contribution in [0.15, 0.2) is 34.5 Å². The summed E-state index contributed by atoms with van der Waals surface area (Å²) < 4.78 is 45.0. The highest BCUT2D eigenvalue weighted by Crippen LogP contribution is 2.27. The van der Waals surface area contributed by atoms with E-state index in [1.807, 2.05) is 0 Å². The van der Waals surface area contributed by atoms with Crippen molar-refractivity contribution >= 4 is 33.0 Å². The van der Waals surface area contributed by atoms with Gasteiger partial charge in [0.05, 0.1) is 24.1 Å². The molecule has 118 valence electrons. The molecule has 1 N–H and O–H groups in total. The third-order valence-corrected chi connectivity index (χ3v) is 5.39. The fourth-order valence-electron chi connectivity index (χ4n) is 1.83. The molecule has 2 aromatic rings. The molecule has 0 bridgehead atoms. The highest BCUT2D eigenvalue weighted by molar-refractivity contribution is 7.92. The Morgan fingerprint density at radius 1 is 1.36 bits per heavy atom. The quantitative estimate of drug-likeness (QED) is 0.847. The largest absolute Gasteiger partial charge is 0.469 e. The lowest BCUT2D eigenvalue weighted by Crippen LogP contribution is -2.15. The summed E-state index contributed by atoms with van der Waals surface area (Å²) in [4.78, 5) is 11.7. The number of aryl methyl sites for hydroxylation is 1. The minimum absolute atomic E-state index is 0.0336. The Kier molecular flexibility index (Phi) is 4.82. The highest BCUT2D eigenvalue weighted by atomic mass is 32.2. The first-order chi connectivity index (χ1) is 10.3.